The fourth-order valence-electron chi connectivity index (χ4n) is 2.43. The highest BCUT2D eigenvalue weighted by atomic mass is 79.9. The molecule has 3 rings (SSSR count). The first-order valence-corrected chi connectivity index (χ1v) is 9.62. The molecule has 0 saturated heterocycles. The number of aromatic nitrogens is 3. The van der Waals surface area contributed by atoms with Gasteiger partial charge in [0.15, 0.2) is 16.7 Å². The van der Waals surface area contributed by atoms with Crippen LogP contribution in [0.1, 0.15) is 5.69 Å². The van der Waals surface area contributed by atoms with Gasteiger partial charge in [0.25, 0.3) is 0 Å². The van der Waals surface area contributed by atoms with E-state index in [0.29, 0.717) is 32.7 Å². The molecule has 0 aliphatic rings. The Labute approximate surface area is 163 Å². The van der Waals surface area contributed by atoms with Crippen molar-refractivity contribution in [1.82, 2.24) is 15.0 Å². The number of hydrogen-bond acceptors (Lipinski definition) is 6. The summed E-state index contributed by atoms with van der Waals surface area (Å²) in [5, 5.41) is 0.178. The van der Waals surface area contributed by atoms with Crippen molar-refractivity contribution in [3.05, 3.63) is 34.6 Å². The molecule has 0 saturated carbocycles. The number of halogens is 3. The van der Waals surface area contributed by atoms with Crippen LogP contribution in [0.2, 0.25) is 0 Å². The smallest absolute Gasteiger partial charge is 0.387 e. The van der Waals surface area contributed by atoms with E-state index in [1.54, 1.807) is 6.07 Å². The minimum Gasteiger partial charge on any atom is -0.493 e. The monoisotopic (exact) mass is 461 g/mol. The highest BCUT2D eigenvalue weighted by Crippen LogP contribution is 2.32. The summed E-state index contributed by atoms with van der Waals surface area (Å²) in [6.07, 6.45) is 1.53. The maximum absolute atomic E-state index is 12.7. The van der Waals surface area contributed by atoms with E-state index in [2.05, 4.69) is 35.6 Å². The van der Waals surface area contributed by atoms with Crippen molar-refractivity contribution >= 4 is 37.8 Å². The van der Waals surface area contributed by atoms with Gasteiger partial charge in [0.2, 0.25) is 0 Å². The third kappa shape index (κ3) is 4.19. The molecule has 1 unspecified atom stereocenters. The quantitative estimate of drug-likeness (QED) is 0.577. The molecule has 3 aromatic rings. The summed E-state index contributed by atoms with van der Waals surface area (Å²) in [7, 11) is 1.38. The number of alkyl halides is 2. The van der Waals surface area contributed by atoms with Crippen molar-refractivity contribution in [3.63, 3.8) is 0 Å². The first-order chi connectivity index (χ1) is 12.9. The molecular weight excluding hydrogens is 448 g/mol. The fourth-order valence-corrected chi connectivity index (χ4v) is 3.88. The minimum absolute atomic E-state index is 0.0295. The zero-order chi connectivity index (χ0) is 19.6. The van der Waals surface area contributed by atoms with Gasteiger partial charge >= 0.3 is 6.61 Å². The molecule has 2 heterocycles. The predicted molar refractivity (Wildman–Crippen MR) is 97.9 cm³/mol. The van der Waals surface area contributed by atoms with Gasteiger partial charge in [-0.3, -0.25) is 9.19 Å². The molecule has 2 aromatic heterocycles. The molecule has 27 heavy (non-hydrogen) atoms. The van der Waals surface area contributed by atoms with Crippen LogP contribution in [0.5, 0.6) is 17.2 Å². The van der Waals surface area contributed by atoms with E-state index in [0.717, 1.165) is 0 Å². The molecule has 1 aromatic carbocycles. The Kier molecular flexibility index (Phi) is 5.90. The number of imidazole rings is 1. The lowest BCUT2D eigenvalue weighted by molar-refractivity contribution is -0.0502. The van der Waals surface area contributed by atoms with Gasteiger partial charge in [-0.05, 0) is 22.0 Å². The molecule has 0 fully saturated rings. The van der Waals surface area contributed by atoms with Crippen LogP contribution < -0.4 is 14.2 Å². The Morgan fingerprint density at radius 3 is 2.70 bits per heavy atom. The lowest BCUT2D eigenvalue weighted by Gasteiger charge is -2.10. The Morgan fingerprint density at radius 2 is 2.04 bits per heavy atom. The highest BCUT2D eigenvalue weighted by molar-refractivity contribution is 9.10. The number of aromatic amines is 1. The van der Waals surface area contributed by atoms with Crippen LogP contribution in [-0.4, -0.2) is 40.0 Å². The summed E-state index contributed by atoms with van der Waals surface area (Å²) in [6, 6.07) is 4.51. The van der Waals surface area contributed by atoms with Crippen LogP contribution in [0, 0.1) is 0 Å². The topological polar surface area (TPSA) is 86.3 Å². The first-order valence-electron chi connectivity index (χ1n) is 7.51. The second-order valence-corrected chi connectivity index (χ2v) is 7.42. The van der Waals surface area contributed by atoms with Crippen LogP contribution >= 0.6 is 15.9 Å². The van der Waals surface area contributed by atoms with Gasteiger partial charge in [0.05, 0.1) is 52.0 Å². The number of nitrogens with zero attached hydrogens (tertiary/aromatic N) is 2. The van der Waals surface area contributed by atoms with E-state index >= 15 is 0 Å². The molecular formula is C16H14BrF2N3O4S. The van der Waals surface area contributed by atoms with Gasteiger partial charge in [0, 0.05) is 18.3 Å². The molecule has 0 aliphatic carbocycles. The third-order valence-corrected chi connectivity index (χ3v) is 5.36. The molecule has 144 valence electrons. The van der Waals surface area contributed by atoms with Gasteiger partial charge < -0.3 is 19.2 Å². The van der Waals surface area contributed by atoms with Crippen molar-refractivity contribution in [2.24, 2.45) is 0 Å². The van der Waals surface area contributed by atoms with E-state index in [4.69, 9.17) is 9.47 Å². The Bertz CT molecular complexity index is 999. The van der Waals surface area contributed by atoms with E-state index in [-0.39, 0.29) is 16.7 Å². The number of hydrogen-bond donors (Lipinski definition) is 1. The van der Waals surface area contributed by atoms with Gasteiger partial charge in [-0.2, -0.15) is 8.78 Å². The first kappa shape index (κ1) is 19.5. The SMILES string of the molecule is COc1ccnc(CS(=O)c2nc3cc(OC(F)F)c(Br)cc3[nH]2)c1OC. The number of benzene rings is 1. The largest absolute Gasteiger partial charge is 0.493 e. The molecule has 7 nitrogen and oxygen atoms in total. The second-order valence-electron chi connectivity index (χ2n) is 5.20. The lowest BCUT2D eigenvalue weighted by Crippen LogP contribution is -2.04. The van der Waals surface area contributed by atoms with Crippen molar-refractivity contribution in [2.75, 3.05) is 14.2 Å². The average Bonchev–Trinajstić information content (AvgIpc) is 3.04. The lowest BCUT2D eigenvalue weighted by atomic mass is 10.3. The number of pyridine rings is 1. The van der Waals surface area contributed by atoms with Crippen molar-refractivity contribution < 1.29 is 27.2 Å². The summed E-state index contributed by atoms with van der Waals surface area (Å²) in [5.74, 6) is 0.834. The minimum atomic E-state index is -2.96. The van der Waals surface area contributed by atoms with Gasteiger partial charge in [0.1, 0.15) is 5.75 Å². The molecule has 0 bridgehead atoms. The zero-order valence-electron chi connectivity index (χ0n) is 14.2. The zero-order valence-corrected chi connectivity index (χ0v) is 16.6. The number of H-pyrrole nitrogens is 1. The van der Waals surface area contributed by atoms with Crippen LogP contribution in [0.3, 0.4) is 0 Å². The number of methoxy groups -OCH3 is 2. The average molecular weight is 462 g/mol. The summed E-state index contributed by atoms with van der Waals surface area (Å²) in [4.78, 5) is 11.3. The number of nitrogens with one attached hydrogen (secondary N) is 1. The second kappa shape index (κ2) is 8.17. The summed E-state index contributed by atoms with van der Waals surface area (Å²) < 4.78 is 52.9. The molecule has 0 spiro atoms. The fraction of sp³-hybridized carbons (Fsp3) is 0.250. The van der Waals surface area contributed by atoms with Gasteiger partial charge in [-0.15, -0.1) is 0 Å². The maximum Gasteiger partial charge on any atom is 0.387 e. The number of rotatable bonds is 7. The van der Waals surface area contributed by atoms with E-state index in [1.807, 2.05) is 0 Å². The summed E-state index contributed by atoms with van der Waals surface area (Å²) in [5.41, 5.74) is 1.32. The Morgan fingerprint density at radius 1 is 1.26 bits per heavy atom. The standard InChI is InChI=1S/C16H14BrF2N3O4S/c1-24-12-3-4-20-11(14(12)25-2)7-27(23)16-21-9-5-8(17)13(26-15(18)19)6-10(9)22-16/h3-6,15H,7H2,1-2H3,(H,21,22). The molecule has 0 aliphatic heterocycles. The number of fused-ring (bicyclic) bond motifs is 1. The predicted octanol–water partition coefficient (Wildman–Crippen LogP) is 3.65. The van der Waals surface area contributed by atoms with E-state index in [9.17, 15) is 13.0 Å². The van der Waals surface area contributed by atoms with Crippen LogP contribution in [0.15, 0.2) is 34.0 Å². The van der Waals surface area contributed by atoms with Crippen LogP contribution in [-0.2, 0) is 16.6 Å². The van der Waals surface area contributed by atoms with Crippen molar-refractivity contribution in [2.45, 2.75) is 17.5 Å². The van der Waals surface area contributed by atoms with Crippen molar-refractivity contribution in [1.29, 1.82) is 0 Å². The molecule has 1 atom stereocenters. The van der Waals surface area contributed by atoms with Crippen molar-refractivity contribution in [3.8, 4) is 17.2 Å². The third-order valence-electron chi connectivity index (χ3n) is 3.58. The maximum atomic E-state index is 12.7. The molecule has 0 radical (unpaired) electrons. The van der Waals surface area contributed by atoms with Gasteiger partial charge in [-0.25, -0.2) is 4.98 Å². The Balaban J connectivity index is 1.90. The van der Waals surface area contributed by atoms with E-state index in [1.165, 1.54) is 32.5 Å². The van der Waals surface area contributed by atoms with Crippen LogP contribution in [0.25, 0.3) is 11.0 Å². The van der Waals surface area contributed by atoms with Gasteiger partial charge in [-0.1, -0.05) is 0 Å². The van der Waals surface area contributed by atoms with Crippen LogP contribution in [0.4, 0.5) is 8.78 Å². The molecule has 1 N–H and O–H groups in total. The Hall–Kier alpha value is -2.27. The summed E-state index contributed by atoms with van der Waals surface area (Å²) >= 11 is 3.16. The summed E-state index contributed by atoms with van der Waals surface area (Å²) in [6.45, 7) is -2.96. The number of ether oxygens (including phenoxy) is 3. The van der Waals surface area contributed by atoms with E-state index < -0.39 is 17.4 Å². The normalized spacial score (nSPS) is 12.4. The highest BCUT2D eigenvalue weighted by Gasteiger charge is 2.18. The molecule has 0 amide bonds. The molecule has 11 heteroatoms.